The fourth-order valence-corrected chi connectivity index (χ4v) is 6.30. The van der Waals surface area contributed by atoms with Gasteiger partial charge in [-0.15, -0.1) is 0 Å². The normalized spacial score (nSPS) is 22.3. The molecule has 0 unspecified atom stereocenters. The molecule has 3 atom stereocenters. The zero-order valence-electron chi connectivity index (χ0n) is 24.2. The number of ether oxygens (including phenoxy) is 3. The number of methoxy groups -OCH3 is 1. The topological polar surface area (TPSA) is 99.1 Å². The summed E-state index contributed by atoms with van der Waals surface area (Å²) in [6, 6.07) is 1.45. The monoisotopic (exact) mass is 546 g/mol. The van der Waals surface area contributed by atoms with E-state index in [0.717, 1.165) is 19.3 Å². The number of hydrogen-bond acceptors (Lipinski definition) is 7. The van der Waals surface area contributed by atoms with E-state index in [-0.39, 0.29) is 45.9 Å². The maximum Gasteiger partial charge on any atom is 0.199 e. The van der Waals surface area contributed by atoms with Crippen LogP contribution in [0, 0.1) is 11.8 Å². The zero-order valence-corrected chi connectivity index (χ0v) is 24.2. The standard InChI is InChI=1S/C33H38O7/c1-17(2)10-9-11-18(3)30(38-6)29(37)26-27(35)20-13-8-7-12-19(20)24-28(36)25-22(34)16-23-21(31(25)39-32(24)26)14-15-33(4,5)40-23/h10,14-16,18,24,30,34H,7-9,11-13H2,1-6H3/t18-,24+,30-/m1/s1. The molecule has 0 spiro atoms. The van der Waals surface area contributed by atoms with Gasteiger partial charge in [-0.05, 0) is 89.9 Å². The van der Waals surface area contributed by atoms with Gasteiger partial charge in [0.25, 0.3) is 0 Å². The van der Waals surface area contributed by atoms with Crippen LogP contribution in [0.3, 0.4) is 0 Å². The number of carbonyl (C=O) groups excluding carboxylic acids is 3. The van der Waals surface area contributed by atoms with Crippen LogP contribution >= 0.6 is 0 Å². The second-order valence-electron chi connectivity index (χ2n) is 12.1. The van der Waals surface area contributed by atoms with Gasteiger partial charge in [-0.1, -0.05) is 18.6 Å². The number of carbonyl (C=O) groups is 3. The number of allylic oxidation sites excluding steroid dienone is 4. The molecule has 7 nitrogen and oxygen atoms in total. The number of phenols is 1. The largest absolute Gasteiger partial charge is 0.507 e. The van der Waals surface area contributed by atoms with Gasteiger partial charge in [0.1, 0.15) is 46.0 Å². The van der Waals surface area contributed by atoms with Gasteiger partial charge in [0.05, 0.1) is 5.56 Å². The highest BCUT2D eigenvalue weighted by molar-refractivity contribution is 6.30. The van der Waals surface area contributed by atoms with Crippen LogP contribution in [-0.4, -0.2) is 41.3 Å². The first-order valence-electron chi connectivity index (χ1n) is 14.2. The van der Waals surface area contributed by atoms with Gasteiger partial charge < -0.3 is 19.3 Å². The summed E-state index contributed by atoms with van der Waals surface area (Å²) in [6.45, 7) is 9.75. The Kier molecular flexibility index (Phi) is 7.38. The van der Waals surface area contributed by atoms with E-state index in [1.165, 1.54) is 18.7 Å². The Morgan fingerprint density at radius 3 is 2.65 bits per heavy atom. The highest BCUT2D eigenvalue weighted by atomic mass is 16.5. The van der Waals surface area contributed by atoms with Gasteiger partial charge in [-0.2, -0.15) is 0 Å². The van der Waals surface area contributed by atoms with Crippen molar-refractivity contribution in [2.24, 2.45) is 11.8 Å². The van der Waals surface area contributed by atoms with Gasteiger partial charge in [0, 0.05) is 18.7 Å². The lowest BCUT2D eigenvalue weighted by atomic mass is 9.70. The van der Waals surface area contributed by atoms with Crippen LogP contribution in [0.4, 0.5) is 0 Å². The maximum absolute atomic E-state index is 14.2. The van der Waals surface area contributed by atoms with Crippen molar-refractivity contribution >= 4 is 23.4 Å². The molecule has 2 aliphatic carbocycles. The number of rotatable bonds is 7. The quantitative estimate of drug-likeness (QED) is 0.310. The first kappa shape index (κ1) is 28.1. The molecule has 5 rings (SSSR count). The number of ketones is 3. The van der Waals surface area contributed by atoms with E-state index >= 15 is 0 Å². The van der Waals surface area contributed by atoms with Crippen molar-refractivity contribution in [3.05, 3.63) is 57.4 Å². The van der Waals surface area contributed by atoms with Crippen LogP contribution in [0.1, 0.15) is 89.1 Å². The van der Waals surface area contributed by atoms with Crippen LogP contribution < -0.4 is 9.47 Å². The van der Waals surface area contributed by atoms with E-state index < -0.39 is 23.4 Å². The summed E-state index contributed by atoms with van der Waals surface area (Å²) in [6.07, 6.45) is 9.08. The van der Waals surface area contributed by atoms with Gasteiger partial charge in [0.15, 0.2) is 23.1 Å². The smallest absolute Gasteiger partial charge is 0.199 e. The summed E-state index contributed by atoms with van der Waals surface area (Å²) >= 11 is 0. The number of fused-ring (bicyclic) bond motifs is 5. The molecule has 212 valence electrons. The molecule has 2 aliphatic heterocycles. The summed E-state index contributed by atoms with van der Waals surface area (Å²) in [5.41, 5.74) is 2.24. The summed E-state index contributed by atoms with van der Waals surface area (Å²) in [5.74, 6) is -2.01. The Bertz CT molecular complexity index is 1410. The third-order valence-electron chi connectivity index (χ3n) is 8.32. The predicted octanol–water partition coefficient (Wildman–Crippen LogP) is 6.44. The highest BCUT2D eigenvalue weighted by Gasteiger charge is 2.50. The fraction of sp³-hybridized carbons (Fsp3) is 0.485. The van der Waals surface area contributed by atoms with Gasteiger partial charge in [-0.3, -0.25) is 14.4 Å². The lowest BCUT2D eigenvalue weighted by Gasteiger charge is -2.38. The molecular formula is C33H38O7. The van der Waals surface area contributed by atoms with Crippen molar-refractivity contribution in [3.63, 3.8) is 0 Å². The molecule has 0 saturated heterocycles. The van der Waals surface area contributed by atoms with E-state index in [2.05, 4.69) is 6.08 Å². The zero-order chi connectivity index (χ0) is 28.9. The molecule has 1 aromatic rings. The summed E-state index contributed by atoms with van der Waals surface area (Å²) in [5, 5.41) is 11.0. The Hall–Kier alpha value is -3.45. The van der Waals surface area contributed by atoms with E-state index in [0.29, 0.717) is 41.7 Å². The number of benzene rings is 1. The minimum absolute atomic E-state index is 0.0532. The van der Waals surface area contributed by atoms with Crippen molar-refractivity contribution in [1.82, 2.24) is 0 Å². The molecular weight excluding hydrogens is 508 g/mol. The maximum atomic E-state index is 14.2. The first-order valence-corrected chi connectivity index (χ1v) is 14.2. The molecule has 0 amide bonds. The third kappa shape index (κ3) is 4.74. The van der Waals surface area contributed by atoms with E-state index in [1.807, 2.05) is 40.7 Å². The third-order valence-corrected chi connectivity index (χ3v) is 8.32. The second-order valence-corrected chi connectivity index (χ2v) is 12.1. The average Bonchev–Trinajstić information content (AvgIpc) is 2.88. The Morgan fingerprint density at radius 1 is 1.23 bits per heavy atom. The van der Waals surface area contributed by atoms with Crippen LogP contribution in [0.25, 0.3) is 6.08 Å². The van der Waals surface area contributed by atoms with Gasteiger partial charge >= 0.3 is 0 Å². The molecule has 1 aromatic carbocycles. The molecule has 0 aromatic heterocycles. The van der Waals surface area contributed by atoms with Crippen LogP contribution in [0.2, 0.25) is 0 Å². The molecule has 0 saturated carbocycles. The van der Waals surface area contributed by atoms with Crippen molar-refractivity contribution < 1.29 is 33.7 Å². The minimum Gasteiger partial charge on any atom is -0.507 e. The van der Waals surface area contributed by atoms with Gasteiger partial charge in [-0.25, -0.2) is 0 Å². The number of Topliss-reactive ketones (excluding diaryl/α,β-unsaturated/α-hetero) is 3. The second kappa shape index (κ2) is 10.5. The SMILES string of the molecule is CO[C@@H](C(=O)C1=C2Oc3c4c(cc(O)c3C(=O)[C@@H]2C2=C(CCCC2)C1=O)OC(C)(C)C=C4)[C@H](C)CCC=C(C)C. The molecule has 40 heavy (non-hydrogen) atoms. The van der Waals surface area contributed by atoms with Crippen molar-refractivity contribution in [2.45, 2.75) is 84.8 Å². The van der Waals surface area contributed by atoms with Crippen molar-refractivity contribution in [2.75, 3.05) is 7.11 Å². The fourth-order valence-electron chi connectivity index (χ4n) is 6.30. The Morgan fingerprint density at radius 2 is 1.95 bits per heavy atom. The van der Waals surface area contributed by atoms with E-state index in [1.54, 1.807) is 6.08 Å². The Balaban J connectivity index is 1.65. The molecule has 0 fully saturated rings. The molecule has 2 heterocycles. The summed E-state index contributed by atoms with van der Waals surface area (Å²) in [4.78, 5) is 42.3. The van der Waals surface area contributed by atoms with Crippen LogP contribution in [-0.2, 0) is 14.3 Å². The van der Waals surface area contributed by atoms with Crippen LogP contribution in [0.15, 0.2) is 46.3 Å². The van der Waals surface area contributed by atoms with Gasteiger partial charge in [0.2, 0.25) is 0 Å². The van der Waals surface area contributed by atoms with Crippen molar-refractivity contribution in [3.8, 4) is 17.2 Å². The molecule has 0 bridgehead atoms. The summed E-state index contributed by atoms with van der Waals surface area (Å²) < 4.78 is 18.2. The molecule has 4 aliphatic rings. The lowest BCUT2D eigenvalue weighted by Crippen LogP contribution is -2.42. The average molecular weight is 547 g/mol. The number of aromatic hydroxyl groups is 1. The number of phenolic OH excluding ortho intramolecular Hbond substituents is 1. The predicted molar refractivity (Wildman–Crippen MR) is 151 cm³/mol. The molecule has 0 radical (unpaired) electrons. The van der Waals surface area contributed by atoms with E-state index in [9.17, 15) is 19.5 Å². The highest BCUT2D eigenvalue weighted by Crippen LogP contribution is 2.52. The molecule has 7 heteroatoms. The summed E-state index contributed by atoms with van der Waals surface area (Å²) in [7, 11) is 1.47. The van der Waals surface area contributed by atoms with E-state index in [4.69, 9.17) is 14.2 Å². The van der Waals surface area contributed by atoms with Crippen molar-refractivity contribution in [1.29, 1.82) is 0 Å². The first-order chi connectivity index (χ1) is 18.9. The minimum atomic E-state index is -0.924. The Labute approximate surface area is 235 Å². The number of hydrogen-bond donors (Lipinski definition) is 1. The van der Waals surface area contributed by atoms with Crippen LogP contribution in [0.5, 0.6) is 17.2 Å². The lowest BCUT2D eigenvalue weighted by molar-refractivity contribution is -0.130. The molecule has 1 N–H and O–H groups in total.